The predicted molar refractivity (Wildman–Crippen MR) is 77.4 cm³/mol. The molecule has 0 aromatic heterocycles. The van der Waals surface area contributed by atoms with Gasteiger partial charge in [-0.15, -0.1) is 0 Å². The largest absolute Gasteiger partial charge is 0.244 e. The average molecular weight is 338 g/mol. The minimum absolute atomic E-state index is 0.251. The number of hydrogen-bond acceptors (Lipinski definition) is 2. The van der Waals surface area contributed by atoms with E-state index in [0.29, 0.717) is 4.90 Å². The summed E-state index contributed by atoms with van der Waals surface area (Å²) >= 11 is 3.43. The molecular weight excluding hydrogens is 326 g/mol. The van der Waals surface area contributed by atoms with Crippen LogP contribution in [0.5, 0.6) is 0 Å². The smallest absolute Gasteiger partial charge is 0.207 e. The molecule has 1 atom stereocenters. The standard InChI is InChI=1S/C14H12BrNO2S/c1-16-14(10-5-4-6-11(15)9-10)12-7-2-3-8-13(12)19(16,17)18/h2-9,14H,1H3/t14-/m0/s1. The predicted octanol–water partition coefficient (Wildman–Crippen LogP) is 3.17. The summed E-state index contributed by atoms with van der Waals surface area (Å²) in [6.07, 6.45) is 0. The van der Waals surface area contributed by atoms with Gasteiger partial charge < -0.3 is 0 Å². The lowest BCUT2D eigenvalue weighted by atomic mass is 9.99. The third-order valence-corrected chi connectivity index (χ3v) is 5.79. The quantitative estimate of drug-likeness (QED) is 0.801. The first kappa shape index (κ1) is 12.8. The van der Waals surface area contributed by atoms with Crippen LogP contribution in [0.15, 0.2) is 57.9 Å². The third kappa shape index (κ3) is 1.93. The molecule has 1 aliphatic heterocycles. The minimum atomic E-state index is -3.38. The number of sulfonamides is 1. The highest BCUT2D eigenvalue weighted by atomic mass is 79.9. The number of fused-ring (bicyclic) bond motifs is 1. The van der Waals surface area contributed by atoms with Crippen LogP contribution >= 0.6 is 15.9 Å². The number of benzene rings is 2. The average Bonchev–Trinajstić information content (AvgIpc) is 2.58. The van der Waals surface area contributed by atoms with Crippen molar-refractivity contribution in [1.82, 2.24) is 4.31 Å². The van der Waals surface area contributed by atoms with Crippen molar-refractivity contribution in [2.45, 2.75) is 10.9 Å². The summed E-state index contributed by atoms with van der Waals surface area (Å²) < 4.78 is 27.1. The molecule has 0 spiro atoms. The lowest BCUT2D eigenvalue weighted by molar-refractivity contribution is 0.440. The molecule has 1 heterocycles. The summed E-state index contributed by atoms with van der Waals surface area (Å²) in [6, 6.07) is 14.7. The van der Waals surface area contributed by atoms with E-state index in [4.69, 9.17) is 0 Å². The third-order valence-electron chi connectivity index (χ3n) is 3.40. The lowest BCUT2D eigenvalue weighted by Crippen LogP contribution is -2.24. The Bertz CT molecular complexity index is 743. The molecule has 19 heavy (non-hydrogen) atoms. The Morgan fingerprint density at radius 1 is 1.11 bits per heavy atom. The summed E-state index contributed by atoms with van der Waals surface area (Å²) in [5.41, 5.74) is 1.80. The molecule has 0 bridgehead atoms. The van der Waals surface area contributed by atoms with Gasteiger partial charge in [-0.25, -0.2) is 8.42 Å². The molecule has 2 aromatic carbocycles. The van der Waals surface area contributed by atoms with Crippen LogP contribution in [-0.4, -0.2) is 19.8 Å². The van der Waals surface area contributed by atoms with E-state index in [9.17, 15) is 8.42 Å². The highest BCUT2D eigenvalue weighted by Crippen LogP contribution is 2.42. The molecule has 0 saturated heterocycles. The van der Waals surface area contributed by atoms with Crippen molar-refractivity contribution < 1.29 is 8.42 Å². The van der Waals surface area contributed by atoms with Crippen molar-refractivity contribution in [2.75, 3.05) is 7.05 Å². The van der Waals surface area contributed by atoms with E-state index in [1.54, 1.807) is 19.2 Å². The molecule has 0 aliphatic carbocycles. The van der Waals surface area contributed by atoms with E-state index in [0.717, 1.165) is 15.6 Å². The maximum absolute atomic E-state index is 12.4. The highest BCUT2D eigenvalue weighted by Gasteiger charge is 2.40. The van der Waals surface area contributed by atoms with Gasteiger partial charge in [-0.2, -0.15) is 4.31 Å². The maximum atomic E-state index is 12.4. The van der Waals surface area contributed by atoms with Gasteiger partial charge in [-0.05, 0) is 29.3 Å². The minimum Gasteiger partial charge on any atom is -0.207 e. The van der Waals surface area contributed by atoms with E-state index in [1.165, 1.54) is 4.31 Å². The van der Waals surface area contributed by atoms with Crippen LogP contribution in [0.25, 0.3) is 0 Å². The number of halogens is 1. The molecule has 0 unspecified atom stereocenters. The fraction of sp³-hybridized carbons (Fsp3) is 0.143. The first-order chi connectivity index (χ1) is 9.01. The van der Waals surface area contributed by atoms with Crippen molar-refractivity contribution in [2.24, 2.45) is 0 Å². The first-order valence-electron chi connectivity index (χ1n) is 5.84. The van der Waals surface area contributed by atoms with E-state index in [2.05, 4.69) is 15.9 Å². The fourth-order valence-corrected chi connectivity index (χ4v) is 4.47. The Balaban J connectivity index is 2.24. The molecule has 0 saturated carbocycles. The van der Waals surface area contributed by atoms with Crippen LogP contribution in [-0.2, 0) is 10.0 Å². The summed E-state index contributed by atoms with van der Waals surface area (Å²) in [5.74, 6) is 0. The SMILES string of the molecule is CN1[C@@H](c2cccc(Br)c2)c2ccccc2S1(=O)=O. The van der Waals surface area contributed by atoms with Gasteiger partial charge in [-0.3, -0.25) is 0 Å². The van der Waals surface area contributed by atoms with Crippen LogP contribution in [0.4, 0.5) is 0 Å². The van der Waals surface area contributed by atoms with Gasteiger partial charge >= 0.3 is 0 Å². The van der Waals surface area contributed by atoms with E-state index in [-0.39, 0.29) is 6.04 Å². The molecular formula is C14H12BrNO2S. The molecule has 3 rings (SSSR count). The zero-order chi connectivity index (χ0) is 13.6. The second-order valence-corrected chi connectivity index (χ2v) is 7.40. The molecule has 0 amide bonds. The normalized spacial score (nSPS) is 21.3. The van der Waals surface area contributed by atoms with Crippen LogP contribution in [0.2, 0.25) is 0 Å². The highest BCUT2D eigenvalue weighted by molar-refractivity contribution is 9.10. The second kappa shape index (κ2) is 4.44. The molecule has 2 aromatic rings. The van der Waals surface area contributed by atoms with E-state index in [1.807, 2.05) is 36.4 Å². The van der Waals surface area contributed by atoms with Crippen molar-refractivity contribution in [3.63, 3.8) is 0 Å². The molecule has 0 fully saturated rings. The van der Waals surface area contributed by atoms with Crippen LogP contribution in [0.1, 0.15) is 17.2 Å². The van der Waals surface area contributed by atoms with Crippen LogP contribution in [0.3, 0.4) is 0 Å². The maximum Gasteiger partial charge on any atom is 0.244 e. The van der Waals surface area contributed by atoms with Crippen molar-refractivity contribution in [3.05, 3.63) is 64.1 Å². The van der Waals surface area contributed by atoms with Gasteiger partial charge in [0.05, 0.1) is 10.9 Å². The van der Waals surface area contributed by atoms with E-state index < -0.39 is 10.0 Å². The molecule has 1 aliphatic rings. The Morgan fingerprint density at radius 2 is 1.84 bits per heavy atom. The summed E-state index contributed by atoms with van der Waals surface area (Å²) in [4.78, 5) is 0.405. The lowest BCUT2D eigenvalue weighted by Gasteiger charge is -2.19. The zero-order valence-corrected chi connectivity index (χ0v) is 12.6. The topological polar surface area (TPSA) is 37.4 Å². The van der Waals surface area contributed by atoms with Gasteiger partial charge in [0.15, 0.2) is 0 Å². The van der Waals surface area contributed by atoms with Gasteiger partial charge in [-0.1, -0.05) is 46.3 Å². The van der Waals surface area contributed by atoms with Gasteiger partial charge in [0.2, 0.25) is 10.0 Å². The Labute approximate surface area is 121 Å². The van der Waals surface area contributed by atoms with Crippen LogP contribution in [0, 0.1) is 0 Å². The molecule has 5 heteroatoms. The molecule has 0 N–H and O–H groups in total. The molecule has 0 radical (unpaired) electrons. The number of rotatable bonds is 1. The number of nitrogens with zero attached hydrogens (tertiary/aromatic N) is 1. The zero-order valence-electron chi connectivity index (χ0n) is 10.2. The van der Waals surface area contributed by atoms with Gasteiger partial charge in [0, 0.05) is 11.5 Å². The summed E-state index contributed by atoms with van der Waals surface area (Å²) in [7, 11) is -1.75. The summed E-state index contributed by atoms with van der Waals surface area (Å²) in [6.45, 7) is 0. The monoisotopic (exact) mass is 337 g/mol. The molecule has 98 valence electrons. The van der Waals surface area contributed by atoms with Crippen molar-refractivity contribution in [3.8, 4) is 0 Å². The Morgan fingerprint density at radius 3 is 2.58 bits per heavy atom. The second-order valence-electron chi connectivity index (χ2n) is 4.52. The van der Waals surface area contributed by atoms with Gasteiger partial charge in [0.25, 0.3) is 0 Å². The Hall–Kier alpha value is -1.17. The van der Waals surface area contributed by atoms with Crippen molar-refractivity contribution >= 4 is 26.0 Å². The van der Waals surface area contributed by atoms with E-state index >= 15 is 0 Å². The first-order valence-corrected chi connectivity index (χ1v) is 8.07. The summed E-state index contributed by atoms with van der Waals surface area (Å²) in [5, 5.41) is 0. The Kier molecular flexibility index (Phi) is 3.00. The number of hydrogen-bond donors (Lipinski definition) is 0. The van der Waals surface area contributed by atoms with Crippen LogP contribution < -0.4 is 0 Å². The van der Waals surface area contributed by atoms with Gasteiger partial charge in [0.1, 0.15) is 0 Å². The fourth-order valence-electron chi connectivity index (χ4n) is 2.50. The molecule has 3 nitrogen and oxygen atoms in total. The van der Waals surface area contributed by atoms with Crippen molar-refractivity contribution in [1.29, 1.82) is 0 Å².